The molecule has 2 aromatic rings. The number of aryl methyl sites for hydroxylation is 2. The number of rotatable bonds is 9. The fraction of sp³-hybridized carbons (Fsp3) is 0.550. The van der Waals surface area contributed by atoms with Gasteiger partial charge in [0.05, 0.1) is 12.3 Å². The summed E-state index contributed by atoms with van der Waals surface area (Å²) in [6.07, 6.45) is 2.69. The van der Waals surface area contributed by atoms with Crippen LogP contribution in [0, 0.1) is 13.8 Å². The number of nitrogens with zero attached hydrogens (tertiary/aromatic N) is 4. The van der Waals surface area contributed by atoms with E-state index in [1.807, 2.05) is 23.9 Å². The third-order valence-electron chi connectivity index (χ3n) is 4.57. The smallest absolute Gasteiger partial charge is 0.213 e. The largest absolute Gasteiger partial charge is 0.475 e. The average molecular weight is 516 g/mol. The van der Waals surface area contributed by atoms with E-state index < -0.39 is 0 Å². The molecule has 0 bridgehead atoms. The highest BCUT2D eigenvalue weighted by atomic mass is 127. The van der Waals surface area contributed by atoms with Crippen molar-refractivity contribution in [3.05, 3.63) is 40.8 Å². The van der Waals surface area contributed by atoms with Gasteiger partial charge in [-0.25, -0.2) is 4.98 Å². The minimum Gasteiger partial charge on any atom is -0.475 e. The molecule has 29 heavy (non-hydrogen) atoms. The highest BCUT2D eigenvalue weighted by molar-refractivity contribution is 14.0. The summed E-state index contributed by atoms with van der Waals surface area (Å²) in [5.41, 5.74) is 4.61. The maximum atomic E-state index is 5.48. The SMILES string of the molecule is CN=C(NCc1ccc(OCCOC)nc1)NC(C)Cc1c(C)nn(C)c1C.I. The number of methoxy groups -OCH3 is 1. The van der Waals surface area contributed by atoms with E-state index >= 15 is 0 Å². The van der Waals surface area contributed by atoms with Gasteiger partial charge in [-0.1, -0.05) is 6.07 Å². The molecule has 0 spiro atoms. The van der Waals surface area contributed by atoms with Crippen LogP contribution in [0.2, 0.25) is 0 Å². The van der Waals surface area contributed by atoms with Gasteiger partial charge >= 0.3 is 0 Å². The summed E-state index contributed by atoms with van der Waals surface area (Å²) in [6, 6.07) is 4.07. The average Bonchev–Trinajstić information content (AvgIpc) is 2.92. The Labute approximate surface area is 190 Å². The molecule has 8 nitrogen and oxygen atoms in total. The summed E-state index contributed by atoms with van der Waals surface area (Å²) in [5, 5.41) is 11.3. The number of halogens is 1. The fourth-order valence-corrected chi connectivity index (χ4v) is 2.91. The monoisotopic (exact) mass is 516 g/mol. The first-order chi connectivity index (χ1) is 13.4. The van der Waals surface area contributed by atoms with Crippen LogP contribution in [0.5, 0.6) is 5.88 Å². The molecule has 0 aromatic carbocycles. The first-order valence-corrected chi connectivity index (χ1v) is 9.47. The predicted molar refractivity (Wildman–Crippen MR) is 126 cm³/mol. The van der Waals surface area contributed by atoms with Crippen molar-refractivity contribution >= 4 is 29.9 Å². The van der Waals surface area contributed by atoms with Crippen LogP contribution in [0.4, 0.5) is 0 Å². The van der Waals surface area contributed by atoms with Crippen LogP contribution in [-0.2, 0) is 24.8 Å². The second kappa shape index (κ2) is 12.6. The summed E-state index contributed by atoms with van der Waals surface area (Å²) < 4.78 is 12.4. The van der Waals surface area contributed by atoms with Gasteiger partial charge in [-0.3, -0.25) is 9.67 Å². The van der Waals surface area contributed by atoms with Gasteiger partial charge in [0.15, 0.2) is 5.96 Å². The Bertz CT molecular complexity index is 776. The molecule has 0 saturated carbocycles. The molecule has 0 radical (unpaired) electrons. The normalized spacial score (nSPS) is 12.3. The second-order valence-corrected chi connectivity index (χ2v) is 6.79. The molecular formula is C20H33IN6O2. The van der Waals surface area contributed by atoms with E-state index in [9.17, 15) is 0 Å². The Morgan fingerprint density at radius 3 is 2.59 bits per heavy atom. The molecule has 1 unspecified atom stereocenters. The molecule has 2 rings (SSSR count). The molecule has 9 heteroatoms. The van der Waals surface area contributed by atoms with Crippen molar-refractivity contribution in [1.29, 1.82) is 0 Å². The Balaban J connectivity index is 0.00000420. The summed E-state index contributed by atoms with van der Waals surface area (Å²) in [5.74, 6) is 1.35. The minimum atomic E-state index is 0. The second-order valence-electron chi connectivity index (χ2n) is 6.79. The van der Waals surface area contributed by atoms with Crippen molar-refractivity contribution in [3.63, 3.8) is 0 Å². The topological polar surface area (TPSA) is 85.6 Å². The number of hydrogen-bond acceptors (Lipinski definition) is 5. The van der Waals surface area contributed by atoms with E-state index in [1.54, 1.807) is 20.4 Å². The highest BCUT2D eigenvalue weighted by Crippen LogP contribution is 2.14. The minimum absolute atomic E-state index is 0. The Kier molecular flexibility index (Phi) is 11.0. The quantitative estimate of drug-likeness (QED) is 0.231. The number of nitrogens with one attached hydrogen (secondary N) is 2. The summed E-state index contributed by atoms with van der Waals surface area (Å²) >= 11 is 0. The van der Waals surface area contributed by atoms with E-state index in [1.165, 1.54) is 11.3 Å². The van der Waals surface area contributed by atoms with Gasteiger partial charge in [-0.15, -0.1) is 24.0 Å². The van der Waals surface area contributed by atoms with Crippen molar-refractivity contribution in [2.75, 3.05) is 27.4 Å². The molecule has 1 atom stereocenters. The molecule has 0 amide bonds. The first-order valence-electron chi connectivity index (χ1n) is 9.47. The maximum absolute atomic E-state index is 5.48. The molecule has 0 saturated heterocycles. The standard InChI is InChI=1S/C20H32N6O2.HI/c1-14(11-18-15(2)25-26(5)16(18)3)24-20(21-4)23-13-17-7-8-19(22-12-17)28-10-9-27-6;/h7-8,12,14H,9-11,13H2,1-6H3,(H2,21,23,24);1H. The van der Waals surface area contributed by atoms with E-state index in [4.69, 9.17) is 9.47 Å². The molecule has 2 heterocycles. The molecule has 0 fully saturated rings. The number of ether oxygens (including phenoxy) is 2. The lowest BCUT2D eigenvalue weighted by molar-refractivity contribution is 0.143. The van der Waals surface area contributed by atoms with Crippen LogP contribution >= 0.6 is 24.0 Å². The van der Waals surface area contributed by atoms with E-state index in [0.29, 0.717) is 25.6 Å². The summed E-state index contributed by atoms with van der Waals surface area (Å²) in [6.45, 7) is 7.96. The Hall–Kier alpha value is -1.88. The molecule has 0 aliphatic carbocycles. The third-order valence-corrected chi connectivity index (χ3v) is 4.57. The third kappa shape index (κ3) is 7.81. The van der Waals surface area contributed by atoms with Crippen molar-refractivity contribution in [2.24, 2.45) is 12.0 Å². The number of aromatic nitrogens is 3. The van der Waals surface area contributed by atoms with Crippen molar-refractivity contribution < 1.29 is 9.47 Å². The summed E-state index contributed by atoms with van der Waals surface area (Å²) in [4.78, 5) is 8.62. The van der Waals surface area contributed by atoms with Crippen molar-refractivity contribution in [2.45, 2.75) is 39.8 Å². The molecular weight excluding hydrogens is 483 g/mol. The van der Waals surface area contributed by atoms with Crippen LogP contribution in [0.1, 0.15) is 29.4 Å². The van der Waals surface area contributed by atoms with Crippen LogP contribution in [-0.4, -0.2) is 54.1 Å². The number of aliphatic imine (C=N–C) groups is 1. The number of pyridine rings is 1. The zero-order valence-corrected chi connectivity index (χ0v) is 20.5. The predicted octanol–water partition coefficient (Wildman–Crippen LogP) is 2.37. The van der Waals surface area contributed by atoms with Gasteiger partial charge in [0.2, 0.25) is 5.88 Å². The Morgan fingerprint density at radius 1 is 1.28 bits per heavy atom. The van der Waals surface area contributed by atoms with Gasteiger partial charge in [-0.05, 0) is 38.3 Å². The zero-order valence-electron chi connectivity index (χ0n) is 18.2. The lowest BCUT2D eigenvalue weighted by Crippen LogP contribution is -2.42. The molecule has 0 aliphatic rings. The Morgan fingerprint density at radius 2 is 2.03 bits per heavy atom. The van der Waals surface area contributed by atoms with Crippen LogP contribution in [0.3, 0.4) is 0 Å². The van der Waals surface area contributed by atoms with E-state index in [-0.39, 0.29) is 30.0 Å². The lowest BCUT2D eigenvalue weighted by Gasteiger charge is -2.18. The van der Waals surface area contributed by atoms with Gasteiger partial charge < -0.3 is 20.1 Å². The van der Waals surface area contributed by atoms with Gasteiger partial charge in [0.25, 0.3) is 0 Å². The van der Waals surface area contributed by atoms with Crippen molar-refractivity contribution in [3.8, 4) is 5.88 Å². The molecule has 162 valence electrons. The van der Waals surface area contributed by atoms with Gasteiger partial charge in [0.1, 0.15) is 6.61 Å². The summed E-state index contributed by atoms with van der Waals surface area (Å²) in [7, 11) is 5.40. The lowest BCUT2D eigenvalue weighted by atomic mass is 10.1. The van der Waals surface area contributed by atoms with Gasteiger partial charge in [0, 0.05) is 51.7 Å². The van der Waals surface area contributed by atoms with Crippen LogP contribution in [0.15, 0.2) is 23.3 Å². The number of hydrogen-bond donors (Lipinski definition) is 2. The molecule has 2 N–H and O–H groups in total. The van der Waals surface area contributed by atoms with Crippen molar-refractivity contribution in [1.82, 2.24) is 25.4 Å². The van der Waals surface area contributed by atoms with Crippen LogP contribution in [0.25, 0.3) is 0 Å². The zero-order chi connectivity index (χ0) is 20.5. The molecule has 0 aliphatic heterocycles. The van der Waals surface area contributed by atoms with Gasteiger partial charge in [-0.2, -0.15) is 5.10 Å². The fourth-order valence-electron chi connectivity index (χ4n) is 2.91. The first kappa shape index (κ1) is 25.2. The highest BCUT2D eigenvalue weighted by Gasteiger charge is 2.14. The van der Waals surface area contributed by atoms with Crippen LogP contribution < -0.4 is 15.4 Å². The van der Waals surface area contributed by atoms with E-state index in [0.717, 1.165) is 23.6 Å². The maximum Gasteiger partial charge on any atom is 0.213 e. The molecule has 2 aromatic heterocycles. The number of guanidine groups is 1. The van der Waals surface area contributed by atoms with E-state index in [2.05, 4.69) is 46.5 Å².